The van der Waals surface area contributed by atoms with Crippen LogP contribution in [0.2, 0.25) is 0 Å². The summed E-state index contributed by atoms with van der Waals surface area (Å²) in [6.45, 7) is 2.03. The van der Waals surface area contributed by atoms with Crippen LogP contribution in [-0.4, -0.2) is 21.9 Å². The van der Waals surface area contributed by atoms with E-state index in [0.29, 0.717) is 20.0 Å². The van der Waals surface area contributed by atoms with Crippen molar-refractivity contribution in [2.75, 3.05) is 16.4 Å². The second kappa shape index (κ2) is 8.11. The third kappa shape index (κ3) is 4.79. The molecule has 0 saturated heterocycles. The minimum Gasteiger partial charge on any atom is -0.330 e. The van der Waals surface area contributed by atoms with Crippen LogP contribution < -0.4 is 10.6 Å². The van der Waals surface area contributed by atoms with Crippen LogP contribution in [0.5, 0.6) is 0 Å². The van der Waals surface area contributed by atoms with Crippen LogP contribution >= 0.6 is 34.4 Å². The lowest BCUT2D eigenvalue weighted by Crippen LogP contribution is -2.13. The predicted molar refractivity (Wildman–Crippen MR) is 103 cm³/mol. The molecule has 1 amide bonds. The highest BCUT2D eigenvalue weighted by Gasteiger charge is 2.11. The molecule has 0 aliphatic heterocycles. The second-order valence-corrected chi connectivity index (χ2v) is 8.09. The molecule has 0 bridgehead atoms. The SMILES string of the molecule is Cc1ccc(Nc2nnc(SCC(=O)Nc3sccc3C#N)s2)cc1. The highest BCUT2D eigenvalue weighted by atomic mass is 32.2. The van der Waals surface area contributed by atoms with E-state index in [1.54, 1.807) is 11.4 Å². The smallest absolute Gasteiger partial charge is 0.235 e. The van der Waals surface area contributed by atoms with E-state index in [1.807, 2.05) is 37.3 Å². The minimum atomic E-state index is -0.174. The van der Waals surface area contributed by atoms with Gasteiger partial charge in [-0.05, 0) is 30.5 Å². The Morgan fingerprint density at radius 3 is 2.84 bits per heavy atom. The number of nitrogens with zero attached hydrogens (tertiary/aromatic N) is 3. The number of carbonyl (C=O) groups excluding carboxylic acids is 1. The summed E-state index contributed by atoms with van der Waals surface area (Å²) in [7, 11) is 0. The van der Waals surface area contributed by atoms with Gasteiger partial charge in [0.25, 0.3) is 0 Å². The summed E-state index contributed by atoms with van der Waals surface area (Å²) in [4.78, 5) is 12.0. The maximum absolute atomic E-state index is 12.0. The van der Waals surface area contributed by atoms with Gasteiger partial charge in [0.2, 0.25) is 11.0 Å². The van der Waals surface area contributed by atoms with Crippen molar-refractivity contribution in [3.05, 3.63) is 46.8 Å². The number of hydrogen-bond acceptors (Lipinski definition) is 8. The lowest BCUT2D eigenvalue weighted by atomic mass is 10.2. The molecule has 3 rings (SSSR count). The number of thioether (sulfide) groups is 1. The number of aryl methyl sites for hydroxylation is 1. The average molecular weight is 388 g/mol. The van der Waals surface area contributed by atoms with Crippen molar-refractivity contribution in [1.82, 2.24) is 10.2 Å². The number of amides is 1. The lowest BCUT2D eigenvalue weighted by Gasteiger charge is -2.02. The van der Waals surface area contributed by atoms with Crippen LogP contribution in [0.1, 0.15) is 11.1 Å². The first kappa shape index (κ1) is 17.4. The number of anilines is 3. The van der Waals surface area contributed by atoms with Crippen molar-refractivity contribution in [3.63, 3.8) is 0 Å². The topological polar surface area (TPSA) is 90.7 Å². The zero-order valence-electron chi connectivity index (χ0n) is 13.1. The molecule has 0 aliphatic rings. The molecule has 1 aromatic carbocycles. The van der Waals surface area contributed by atoms with Gasteiger partial charge in [0.15, 0.2) is 4.34 Å². The molecule has 25 heavy (non-hydrogen) atoms. The summed E-state index contributed by atoms with van der Waals surface area (Å²) in [5, 5.41) is 26.0. The van der Waals surface area contributed by atoms with E-state index >= 15 is 0 Å². The van der Waals surface area contributed by atoms with Crippen LogP contribution in [0.15, 0.2) is 40.1 Å². The Morgan fingerprint density at radius 2 is 2.08 bits per heavy atom. The summed E-state index contributed by atoms with van der Waals surface area (Å²) in [6, 6.07) is 11.7. The molecule has 0 saturated carbocycles. The number of thiophene rings is 1. The molecule has 2 N–H and O–H groups in total. The third-order valence-electron chi connectivity index (χ3n) is 3.07. The molecule has 0 atom stereocenters. The Balaban J connectivity index is 1.52. The predicted octanol–water partition coefficient (Wildman–Crippen LogP) is 4.25. The molecule has 2 aromatic heterocycles. The molecule has 2 heterocycles. The summed E-state index contributed by atoms with van der Waals surface area (Å²) in [5.74, 6) is 0.0364. The molecular formula is C16H13N5OS3. The van der Waals surface area contributed by atoms with Crippen LogP contribution in [-0.2, 0) is 4.79 Å². The number of hydrogen-bond donors (Lipinski definition) is 2. The van der Waals surface area contributed by atoms with Gasteiger partial charge in [-0.2, -0.15) is 5.26 Å². The first-order valence-electron chi connectivity index (χ1n) is 7.21. The highest BCUT2D eigenvalue weighted by Crippen LogP contribution is 2.28. The van der Waals surface area contributed by atoms with Crippen molar-refractivity contribution in [2.45, 2.75) is 11.3 Å². The molecule has 0 unspecified atom stereocenters. The summed E-state index contributed by atoms with van der Waals surface area (Å²) >= 11 is 4.03. The van der Waals surface area contributed by atoms with Gasteiger partial charge in [-0.1, -0.05) is 40.8 Å². The quantitative estimate of drug-likeness (QED) is 0.614. The van der Waals surface area contributed by atoms with Gasteiger partial charge in [-0.25, -0.2) is 0 Å². The normalized spacial score (nSPS) is 10.2. The molecule has 0 spiro atoms. The van der Waals surface area contributed by atoms with E-state index in [0.717, 1.165) is 5.69 Å². The zero-order chi connectivity index (χ0) is 17.6. The fourth-order valence-corrected chi connectivity index (χ4v) is 4.19. The number of benzene rings is 1. The summed E-state index contributed by atoms with van der Waals surface area (Å²) in [5.41, 5.74) is 2.61. The van der Waals surface area contributed by atoms with Crippen molar-refractivity contribution in [1.29, 1.82) is 5.26 Å². The van der Waals surface area contributed by atoms with E-state index in [9.17, 15) is 4.79 Å². The molecule has 6 nitrogen and oxygen atoms in total. The zero-order valence-corrected chi connectivity index (χ0v) is 15.6. The Labute approximate surface area is 156 Å². The monoisotopic (exact) mass is 387 g/mol. The average Bonchev–Trinajstić information content (AvgIpc) is 3.24. The number of rotatable bonds is 6. The first-order chi connectivity index (χ1) is 12.1. The Morgan fingerprint density at radius 1 is 1.28 bits per heavy atom. The van der Waals surface area contributed by atoms with Gasteiger partial charge in [0.1, 0.15) is 11.1 Å². The first-order valence-corrected chi connectivity index (χ1v) is 9.89. The molecular weight excluding hydrogens is 374 g/mol. The minimum absolute atomic E-state index is 0.174. The second-order valence-electron chi connectivity index (χ2n) is 4.98. The number of nitriles is 1. The van der Waals surface area contributed by atoms with Crippen molar-refractivity contribution in [2.24, 2.45) is 0 Å². The lowest BCUT2D eigenvalue weighted by molar-refractivity contribution is -0.113. The van der Waals surface area contributed by atoms with Crippen molar-refractivity contribution < 1.29 is 4.79 Å². The standard InChI is InChI=1S/C16H13N5OS3/c1-10-2-4-12(5-3-10)18-15-20-21-16(25-15)24-9-13(22)19-14-11(8-17)6-7-23-14/h2-7H,9H2,1H3,(H,18,20)(H,19,22). The van der Waals surface area contributed by atoms with E-state index in [-0.39, 0.29) is 11.7 Å². The molecule has 0 radical (unpaired) electrons. The van der Waals surface area contributed by atoms with E-state index < -0.39 is 0 Å². The van der Waals surface area contributed by atoms with Crippen LogP contribution in [0.3, 0.4) is 0 Å². The third-order valence-corrected chi connectivity index (χ3v) is 5.88. The van der Waals surface area contributed by atoms with Crippen molar-refractivity contribution in [3.8, 4) is 6.07 Å². The maximum Gasteiger partial charge on any atom is 0.235 e. The Kier molecular flexibility index (Phi) is 5.65. The van der Waals surface area contributed by atoms with Crippen LogP contribution in [0, 0.1) is 18.3 Å². The molecule has 0 aliphatic carbocycles. The van der Waals surface area contributed by atoms with Gasteiger partial charge < -0.3 is 10.6 Å². The van der Waals surface area contributed by atoms with E-state index in [4.69, 9.17) is 5.26 Å². The van der Waals surface area contributed by atoms with Crippen LogP contribution in [0.25, 0.3) is 0 Å². The van der Waals surface area contributed by atoms with E-state index in [1.165, 1.54) is 40.0 Å². The number of nitrogens with one attached hydrogen (secondary N) is 2. The largest absolute Gasteiger partial charge is 0.330 e. The van der Waals surface area contributed by atoms with E-state index in [2.05, 4.69) is 20.8 Å². The molecule has 0 fully saturated rings. The van der Waals surface area contributed by atoms with Gasteiger partial charge in [0.05, 0.1) is 11.3 Å². The van der Waals surface area contributed by atoms with Gasteiger partial charge >= 0.3 is 0 Å². The van der Waals surface area contributed by atoms with Gasteiger partial charge in [-0.15, -0.1) is 21.5 Å². The van der Waals surface area contributed by atoms with Crippen molar-refractivity contribution >= 4 is 56.2 Å². The molecule has 126 valence electrons. The molecule has 3 aromatic rings. The summed E-state index contributed by atoms with van der Waals surface area (Å²) < 4.78 is 0.705. The highest BCUT2D eigenvalue weighted by molar-refractivity contribution is 8.01. The van der Waals surface area contributed by atoms with Gasteiger partial charge in [-0.3, -0.25) is 4.79 Å². The van der Waals surface area contributed by atoms with Gasteiger partial charge in [0, 0.05) is 5.69 Å². The summed E-state index contributed by atoms with van der Waals surface area (Å²) in [6.07, 6.45) is 0. The maximum atomic E-state index is 12.0. The number of carbonyl (C=O) groups is 1. The Hall–Kier alpha value is -2.41. The fourth-order valence-electron chi connectivity index (χ4n) is 1.86. The van der Waals surface area contributed by atoms with Crippen LogP contribution in [0.4, 0.5) is 15.8 Å². The Bertz CT molecular complexity index is 911. The fraction of sp³-hybridized carbons (Fsp3) is 0.125. The number of aromatic nitrogens is 2. The molecule has 9 heteroatoms.